The molecule has 0 atom stereocenters. The van der Waals surface area contributed by atoms with E-state index in [1.165, 1.54) is 11.8 Å². The fourth-order valence-corrected chi connectivity index (χ4v) is 2.03. The van der Waals surface area contributed by atoms with Crippen molar-refractivity contribution in [3.05, 3.63) is 35.7 Å². The van der Waals surface area contributed by atoms with Crippen LogP contribution < -0.4 is 5.73 Å². The molecule has 16 heavy (non-hydrogen) atoms. The molecule has 0 saturated carbocycles. The molecular formula is C10H9N3O2S. The third-order valence-electron chi connectivity index (χ3n) is 1.86. The summed E-state index contributed by atoms with van der Waals surface area (Å²) in [4.78, 5) is 11.9. The minimum absolute atomic E-state index is 0.395. The Morgan fingerprint density at radius 3 is 2.75 bits per heavy atom. The number of carbonyl (C=O) groups is 1. The third kappa shape index (κ3) is 2.22. The van der Waals surface area contributed by atoms with E-state index in [9.17, 15) is 4.79 Å². The molecule has 0 aliphatic carbocycles. The van der Waals surface area contributed by atoms with Gasteiger partial charge in [-0.1, -0.05) is 12.1 Å². The summed E-state index contributed by atoms with van der Waals surface area (Å²) in [6.07, 6.45) is 0. The molecule has 1 aromatic heterocycles. The van der Waals surface area contributed by atoms with Crippen LogP contribution in [0.25, 0.3) is 0 Å². The van der Waals surface area contributed by atoms with Gasteiger partial charge in [-0.05, 0) is 23.9 Å². The van der Waals surface area contributed by atoms with E-state index in [1.807, 2.05) is 6.07 Å². The lowest BCUT2D eigenvalue weighted by atomic mass is 10.2. The number of aryl methyl sites for hydroxylation is 1. The molecule has 0 radical (unpaired) electrons. The van der Waals surface area contributed by atoms with E-state index < -0.39 is 5.91 Å². The van der Waals surface area contributed by atoms with Gasteiger partial charge in [0.2, 0.25) is 11.8 Å². The molecule has 2 aromatic rings. The summed E-state index contributed by atoms with van der Waals surface area (Å²) in [6.45, 7) is 1.71. The SMILES string of the molecule is Cc1nnc(Sc2ccccc2C(N)=O)o1. The maximum Gasteiger partial charge on any atom is 0.281 e. The summed E-state index contributed by atoms with van der Waals surface area (Å²) >= 11 is 1.22. The molecule has 0 saturated heterocycles. The van der Waals surface area contributed by atoms with Crippen LogP contribution in [-0.4, -0.2) is 16.1 Å². The van der Waals surface area contributed by atoms with E-state index >= 15 is 0 Å². The molecular weight excluding hydrogens is 226 g/mol. The average Bonchev–Trinajstić information content (AvgIpc) is 2.64. The van der Waals surface area contributed by atoms with Crippen molar-refractivity contribution in [2.24, 2.45) is 5.73 Å². The number of primary amides is 1. The summed E-state index contributed by atoms with van der Waals surface area (Å²) in [7, 11) is 0. The van der Waals surface area contributed by atoms with Gasteiger partial charge in [-0.15, -0.1) is 10.2 Å². The Kier molecular flexibility index (Phi) is 2.91. The Bertz CT molecular complexity index is 524. The standard InChI is InChI=1S/C10H9N3O2S/c1-6-12-13-10(15-6)16-8-5-3-2-4-7(8)9(11)14/h2-5H,1H3,(H2,11,14). The number of nitrogens with zero attached hydrogens (tertiary/aromatic N) is 2. The second-order valence-corrected chi connectivity index (χ2v) is 4.04. The van der Waals surface area contributed by atoms with Crippen LogP contribution in [0.5, 0.6) is 0 Å². The predicted octanol–water partition coefficient (Wildman–Crippen LogP) is 1.63. The zero-order chi connectivity index (χ0) is 11.5. The van der Waals surface area contributed by atoms with Crippen LogP contribution in [0.2, 0.25) is 0 Å². The number of hydrogen-bond donors (Lipinski definition) is 1. The van der Waals surface area contributed by atoms with Gasteiger partial charge in [0.1, 0.15) is 0 Å². The fourth-order valence-electron chi connectivity index (χ4n) is 1.17. The second kappa shape index (κ2) is 4.36. The van der Waals surface area contributed by atoms with Gasteiger partial charge >= 0.3 is 0 Å². The van der Waals surface area contributed by atoms with Crippen molar-refractivity contribution in [1.29, 1.82) is 0 Å². The van der Waals surface area contributed by atoms with Crippen LogP contribution in [0, 0.1) is 6.92 Å². The summed E-state index contributed by atoms with van der Waals surface area (Å²) in [5, 5.41) is 7.93. The smallest absolute Gasteiger partial charge is 0.281 e. The number of aromatic nitrogens is 2. The van der Waals surface area contributed by atoms with Gasteiger partial charge in [-0.25, -0.2) is 0 Å². The van der Waals surface area contributed by atoms with Crippen LogP contribution in [0.4, 0.5) is 0 Å². The molecule has 1 amide bonds. The van der Waals surface area contributed by atoms with Gasteiger partial charge in [0.05, 0.1) is 5.56 Å². The first kappa shape index (κ1) is 10.7. The molecule has 1 heterocycles. The monoisotopic (exact) mass is 235 g/mol. The highest BCUT2D eigenvalue weighted by Crippen LogP contribution is 2.28. The maximum absolute atomic E-state index is 11.2. The third-order valence-corrected chi connectivity index (χ3v) is 2.77. The number of hydrogen-bond acceptors (Lipinski definition) is 5. The normalized spacial score (nSPS) is 10.3. The first-order valence-electron chi connectivity index (χ1n) is 4.53. The van der Waals surface area contributed by atoms with E-state index in [2.05, 4.69) is 10.2 Å². The van der Waals surface area contributed by atoms with Crippen LogP contribution in [-0.2, 0) is 0 Å². The highest BCUT2D eigenvalue weighted by molar-refractivity contribution is 7.99. The number of benzene rings is 1. The van der Waals surface area contributed by atoms with Gasteiger partial charge in [-0.2, -0.15) is 0 Å². The van der Waals surface area contributed by atoms with Gasteiger partial charge in [-0.3, -0.25) is 4.79 Å². The van der Waals surface area contributed by atoms with Crippen LogP contribution in [0.1, 0.15) is 16.2 Å². The van der Waals surface area contributed by atoms with Crippen molar-refractivity contribution < 1.29 is 9.21 Å². The summed E-state index contributed by atoms with van der Waals surface area (Å²) < 4.78 is 5.21. The molecule has 0 aliphatic rings. The minimum Gasteiger partial charge on any atom is -0.416 e. The highest BCUT2D eigenvalue weighted by atomic mass is 32.2. The average molecular weight is 235 g/mol. The number of amides is 1. The maximum atomic E-state index is 11.2. The topological polar surface area (TPSA) is 82.0 Å². The minimum atomic E-state index is -0.473. The highest BCUT2D eigenvalue weighted by Gasteiger charge is 2.11. The lowest BCUT2D eigenvalue weighted by Gasteiger charge is -2.01. The molecule has 0 spiro atoms. The lowest BCUT2D eigenvalue weighted by Crippen LogP contribution is -2.11. The van der Waals surface area contributed by atoms with Gasteiger partial charge < -0.3 is 10.2 Å². The summed E-state index contributed by atoms with van der Waals surface area (Å²) in [6, 6.07) is 7.01. The first-order valence-corrected chi connectivity index (χ1v) is 5.35. The summed E-state index contributed by atoms with van der Waals surface area (Å²) in [5.74, 6) is 0.0124. The van der Waals surface area contributed by atoms with Crippen LogP contribution >= 0.6 is 11.8 Å². The van der Waals surface area contributed by atoms with Crippen LogP contribution in [0.15, 0.2) is 38.8 Å². The molecule has 0 fully saturated rings. The largest absolute Gasteiger partial charge is 0.416 e. The van der Waals surface area contributed by atoms with Crippen molar-refractivity contribution in [3.63, 3.8) is 0 Å². The van der Waals surface area contributed by atoms with Crippen molar-refractivity contribution >= 4 is 17.7 Å². The number of rotatable bonds is 3. The van der Waals surface area contributed by atoms with Crippen molar-refractivity contribution in [1.82, 2.24) is 10.2 Å². The Morgan fingerprint density at radius 2 is 2.12 bits per heavy atom. The predicted molar refractivity (Wildman–Crippen MR) is 58.1 cm³/mol. The lowest BCUT2D eigenvalue weighted by molar-refractivity contribution is 0.0997. The van der Waals surface area contributed by atoms with E-state index in [4.69, 9.17) is 10.2 Å². The van der Waals surface area contributed by atoms with E-state index in [1.54, 1.807) is 25.1 Å². The van der Waals surface area contributed by atoms with E-state index in [0.29, 0.717) is 21.6 Å². The van der Waals surface area contributed by atoms with Gasteiger partial charge in [0.25, 0.3) is 5.22 Å². The van der Waals surface area contributed by atoms with E-state index in [0.717, 1.165) is 0 Å². The Hall–Kier alpha value is -1.82. The molecule has 5 nitrogen and oxygen atoms in total. The molecule has 2 N–H and O–H groups in total. The molecule has 0 aliphatic heterocycles. The van der Waals surface area contributed by atoms with Gasteiger partial charge in [0.15, 0.2) is 0 Å². The summed E-state index contributed by atoms with van der Waals surface area (Å²) in [5.41, 5.74) is 5.70. The Labute approximate surface area is 96.0 Å². The molecule has 2 rings (SSSR count). The first-order chi connectivity index (χ1) is 7.66. The fraction of sp³-hybridized carbons (Fsp3) is 0.100. The zero-order valence-electron chi connectivity index (χ0n) is 8.51. The zero-order valence-corrected chi connectivity index (χ0v) is 9.32. The van der Waals surface area contributed by atoms with E-state index in [-0.39, 0.29) is 0 Å². The molecule has 0 unspecified atom stereocenters. The van der Waals surface area contributed by atoms with Gasteiger partial charge in [0, 0.05) is 11.8 Å². The molecule has 1 aromatic carbocycles. The molecule has 82 valence electrons. The second-order valence-electron chi connectivity index (χ2n) is 3.05. The Balaban J connectivity index is 2.31. The van der Waals surface area contributed by atoms with Crippen molar-refractivity contribution in [2.75, 3.05) is 0 Å². The number of nitrogens with two attached hydrogens (primary N) is 1. The molecule has 0 bridgehead atoms. The van der Waals surface area contributed by atoms with Crippen LogP contribution in [0.3, 0.4) is 0 Å². The Morgan fingerprint density at radius 1 is 1.38 bits per heavy atom. The molecule has 6 heteroatoms. The quantitative estimate of drug-likeness (QED) is 0.874. The van der Waals surface area contributed by atoms with Crippen molar-refractivity contribution in [3.8, 4) is 0 Å². The van der Waals surface area contributed by atoms with Crippen molar-refractivity contribution in [2.45, 2.75) is 17.0 Å². The number of carbonyl (C=O) groups excluding carboxylic acids is 1.